The van der Waals surface area contributed by atoms with E-state index in [9.17, 15) is 0 Å². The highest BCUT2D eigenvalue weighted by Crippen LogP contribution is 2.59. The molecule has 7 aromatic carbocycles. The Morgan fingerprint density at radius 1 is 0.526 bits per heavy atom. The molecule has 2 heteroatoms. The first kappa shape index (κ1) is 33.8. The van der Waals surface area contributed by atoms with Crippen LogP contribution in [0.4, 0.5) is 17.1 Å². The maximum absolute atomic E-state index is 2.49. The molecule has 1 heterocycles. The zero-order chi connectivity index (χ0) is 37.8. The van der Waals surface area contributed by atoms with Crippen LogP contribution in [-0.4, -0.2) is 0 Å². The van der Waals surface area contributed by atoms with E-state index in [-0.39, 0.29) is 0 Å². The molecule has 272 valence electrons. The second kappa shape index (κ2) is 13.9. The lowest BCUT2D eigenvalue weighted by Crippen LogP contribution is -2.28. The van der Waals surface area contributed by atoms with Gasteiger partial charge in [0, 0.05) is 32.4 Å². The van der Waals surface area contributed by atoms with Gasteiger partial charge in [0.2, 0.25) is 0 Å². The average Bonchev–Trinajstić information content (AvgIpc) is 3.83. The summed E-state index contributed by atoms with van der Waals surface area (Å²) in [7, 11) is 0. The normalized spacial score (nSPS) is 15.3. The van der Waals surface area contributed by atoms with E-state index < -0.39 is 5.41 Å². The van der Waals surface area contributed by atoms with Crippen LogP contribution in [0.15, 0.2) is 200 Å². The van der Waals surface area contributed by atoms with Crippen LogP contribution in [0.3, 0.4) is 0 Å². The minimum atomic E-state index is -0.429. The van der Waals surface area contributed by atoms with E-state index in [2.05, 4.69) is 205 Å². The minimum Gasteiger partial charge on any atom is -0.309 e. The van der Waals surface area contributed by atoms with Crippen LogP contribution < -0.4 is 4.90 Å². The molecule has 0 N–H and O–H groups in total. The molecule has 0 unspecified atom stereocenters. The lowest BCUT2D eigenvalue weighted by molar-refractivity contribution is 0.769. The van der Waals surface area contributed by atoms with Gasteiger partial charge in [-0.25, -0.2) is 0 Å². The molecular formula is C55H41NS. The average molecular weight is 748 g/mol. The van der Waals surface area contributed by atoms with Gasteiger partial charge >= 0.3 is 0 Å². The number of fused-ring (bicyclic) bond motifs is 7. The van der Waals surface area contributed by atoms with Gasteiger partial charge in [0.1, 0.15) is 0 Å². The van der Waals surface area contributed by atoms with Gasteiger partial charge in [-0.3, -0.25) is 0 Å². The van der Waals surface area contributed by atoms with Crippen molar-refractivity contribution in [3.05, 3.63) is 234 Å². The van der Waals surface area contributed by atoms with E-state index in [0.29, 0.717) is 0 Å². The van der Waals surface area contributed by atoms with Crippen molar-refractivity contribution < 1.29 is 0 Å². The predicted octanol–water partition coefficient (Wildman–Crippen LogP) is 15.4. The third-order valence-electron chi connectivity index (χ3n) is 12.2. The van der Waals surface area contributed by atoms with Crippen molar-refractivity contribution in [2.45, 2.75) is 31.1 Å². The Labute approximate surface area is 338 Å². The first-order valence-corrected chi connectivity index (χ1v) is 21.0. The molecule has 0 atom stereocenters. The number of thiophene rings is 1. The van der Waals surface area contributed by atoms with E-state index in [1.54, 1.807) is 0 Å². The Hall–Kier alpha value is -6.48. The summed E-state index contributed by atoms with van der Waals surface area (Å²) in [5.41, 5.74) is 16.3. The second-order valence-corrected chi connectivity index (χ2v) is 16.4. The van der Waals surface area contributed by atoms with Crippen LogP contribution in [-0.2, 0) is 5.41 Å². The molecule has 0 radical (unpaired) electrons. The topological polar surface area (TPSA) is 3.24 Å². The molecule has 0 aliphatic heterocycles. The van der Waals surface area contributed by atoms with E-state index in [0.717, 1.165) is 37.1 Å². The van der Waals surface area contributed by atoms with Crippen LogP contribution in [0.5, 0.6) is 0 Å². The summed E-state index contributed by atoms with van der Waals surface area (Å²) >= 11 is 1.94. The summed E-state index contributed by atoms with van der Waals surface area (Å²) in [6.07, 6.45) is 18.0. The number of rotatable bonds is 7. The van der Waals surface area contributed by atoms with Crippen LogP contribution >= 0.6 is 11.3 Å². The lowest BCUT2D eigenvalue weighted by atomic mass is 9.68. The van der Waals surface area contributed by atoms with Crippen LogP contribution in [0.1, 0.15) is 59.1 Å². The summed E-state index contributed by atoms with van der Waals surface area (Å²) < 4.78 is 2.64. The van der Waals surface area contributed by atoms with Crippen molar-refractivity contribution in [3.8, 4) is 11.1 Å². The summed E-state index contributed by atoms with van der Waals surface area (Å²) in [5, 5.41) is 2.60. The molecule has 0 spiro atoms. The highest BCUT2D eigenvalue weighted by Gasteiger charge is 2.46. The van der Waals surface area contributed by atoms with Gasteiger partial charge in [-0.15, -0.1) is 11.3 Å². The van der Waals surface area contributed by atoms with Crippen molar-refractivity contribution in [2.24, 2.45) is 0 Å². The van der Waals surface area contributed by atoms with Crippen molar-refractivity contribution in [3.63, 3.8) is 0 Å². The first-order chi connectivity index (χ1) is 28.3. The molecule has 0 bridgehead atoms. The number of anilines is 3. The van der Waals surface area contributed by atoms with Crippen LogP contribution in [0.25, 0.3) is 42.4 Å². The molecular weight excluding hydrogens is 707 g/mol. The van der Waals surface area contributed by atoms with Gasteiger partial charge in [0.05, 0.1) is 15.8 Å². The zero-order valence-corrected chi connectivity index (χ0v) is 32.6. The summed E-state index contributed by atoms with van der Waals surface area (Å²) in [6, 6.07) is 61.4. The zero-order valence-electron chi connectivity index (χ0n) is 31.7. The molecule has 0 saturated carbocycles. The minimum absolute atomic E-state index is 0.429. The van der Waals surface area contributed by atoms with Crippen molar-refractivity contribution in [1.29, 1.82) is 0 Å². The summed E-state index contributed by atoms with van der Waals surface area (Å²) in [5.74, 6) is 0. The van der Waals surface area contributed by atoms with Crippen LogP contribution in [0.2, 0.25) is 0 Å². The largest absolute Gasteiger partial charge is 0.309 e. The molecule has 0 fully saturated rings. The van der Waals surface area contributed by atoms with E-state index in [1.165, 1.54) is 81.5 Å². The van der Waals surface area contributed by atoms with Gasteiger partial charge in [0.15, 0.2) is 0 Å². The van der Waals surface area contributed by atoms with Gasteiger partial charge in [-0.2, -0.15) is 0 Å². The summed E-state index contributed by atoms with van der Waals surface area (Å²) in [6.45, 7) is 0. The molecule has 3 aliphatic rings. The maximum atomic E-state index is 2.49. The molecule has 57 heavy (non-hydrogen) atoms. The number of allylic oxidation sites excluding steroid dienone is 8. The number of nitrogens with zero attached hydrogens (tertiary/aromatic N) is 1. The first-order valence-electron chi connectivity index (χ1n) is 20.2. The molecule has 3 aliphatic carbocycles. The van der Waals surface area contributed by atoms with Gasteiger partial charge in [-0.05, 0) is 106 Å². The molecule has 8 aromatic rings. The SMILES string of the molecule is C1=CCCC(c2ccc(N(c3cccc(C4=CCCC=C4)c3)c3cccc4c3sc3c5c(ccc34)C(c3ccccc3)(c3ccccc3)c3ccccc3-5)cc2)=C1. The third-order valence-corrected chi connectivity index (χ3v) is 13.5. The molecule has 11 rings (SSSR count). The highest BCUT2D eigenvalue weighted by molar-refractivity contribution is 7.27. The Kier molecular flexibility index (Phi) is 8.26. The third kappa shape index (κ3) is 5.43. The van der Waals surface area contributed by atoms with E-state index >= 15 is 0 Å². The Balaban J connectivity index is 1.15. The Bertz CT molecular complexity index is 2900. The number of hydrogen-bond acceptors (Lipinski definition) is 2. The highest BCUT2D eigenvalue weighted by atomic mass is 32.1. The molecule has 1 aromatic heterocycles. The van der Waals surface area contributed by atoms with Crippen molar-refractivity contribution >= 4 is 59.7 Å². The maximum Gasteiger partial charge on any atom is 0.0714 e. The van der Waals surface area contributed by atoms with Crippen molar-refractivity contribution in [2.75, 3.05) is 4.90 Å². The quantitative estimate of drug-likeness (QED) is 0.157. The Morgan fingerprint density at radius 3 is 2.04 bits per heavy atom. The van der Waals surface area contributed by atoms with Gasteiger partial charge in [0.25, 0.3) is 0 Å². The fourth-order valence-electron chi connectivity index (χ4n) is 9.69. The van der Waals surface area contributed by atoms with E-state index in [4.69, 9.17) is 0 Å². The monoisotopic (exact) mass is 747 g/mol. The second-order valence-electron chi connectivity index (χ2n) is 15.4. The van der Waals surface area contributed by atoms with Crippen LogP contribution in [0, 0.1) is 0 Å². The predicted molar refractivity (Wildman–Crippen MR) is 244 cm³/mol. The molecule has 1 nitrogen and oxygen atoms in total. The standard InChI is InChI=1S/C55H41NS/c1-5-17-38(18-6-1)40-31-33-44(34-32-40)56(45-26-15-21-41(37-45)39-19-7-2-8-20-39)51-30-16-28-46-47-35-36-50-52(54(47)57-53(46)51)48-27-13-14-29-49(48)55(50,42-22-9-3-10-23-42)43-24-11-4-12-25-43/h1,3-5,7,9-17,19-37H,2,6,8,18H2. The van der Waals surface area contributed by atoms with Gasteiger partial charge < -0.3 is 4.90 Å². The Morgan fingerprint density at radius 2 is 1.28 bits per heavy atom. The van der Waals surface area contributed by atoms with Gasteiger partial charge in [-0.1, -0.05) is 170 Å². The van der Waals surface area contributed by atoms with E-state index in [1.807, 2.05) is 11.3 Å². The smallest absolute Gasteiger partial charge is 0.0714 e. The molecule has 0 saturated heterocycles. The summed E-state index contributed by atoms with van der Waals surface area (Å²) in [4.78, 5) is 2.49. The lowest BCUT2D eigenvalue weighted by Gasteiger charge is -2.33. The van der Waals surface area contributed by atoms with Crippen molar-refractivity contribution in [1.82, 2.24) is 0 Å². The number of hydrogen-bond donors (Lipinski definition) is 0. The fraction of sp³-hybridized carbons (Fsp3) is 0.0909. The fourth-order valence-corrected chi connectivity index (χ4v) is 11.1. The molecule has 0 amide bonds. The number of benzene rings is 7.